The third-order valence-electron chi connectivity index (χ3n) is 6.17. The fourth-order valence-electron chi connectivity index (χ4n) is 4.44. The van der Waals surface area contributed by atoms with Gasteiger partial charge in [-0.1, -0.05) is 54.1 Å². The molecule has 1 aromatic heterocycles. The molecule has 8 heteroatoms. The molecule has 0 radical (unpaired) electrons. The van der Waals surface area contributed by atoms with E-state index in [1.165, 1.54) is 18.1 Å². The molecule has 1 aliphatic heterocycles. The van der Waals surface area contributed by atoms with Crippen LogP contribution in [-0.4, -0.2) is 35.9 Å². The molecule has 0 aliphatic carbocycles. The molecule has 2 heterocycles. The minimum atomic E-state index is -0.813. The van der Waals surface area contributed by atoms with Crippen molar-refractivity contribution in [3.63, 3.8) is 0 Å². The van der Waals surface area contributed by atoms with Crippen molar-refractivity contribution in [3.05, 3.63) is 106 Å². The van der Waals surface area contributed by atoms with Crippen LogP contribution in [0, 0.1) is 0 Å². The number of amides is 1. The highest BCUT2D eigenvalue weighted by Gasteiger charge is 2.44. The van der Waals surface area contributed by atoms with Crippen LogP contribution >= 0.6 is 11.6 Å². The van der Waals surface area contributed by atoms with Gasteiger partial charge in [0.2, 0.25) is 5.78 Å². The highest BCUT2D eigenvalue weighted by Crippen LogP contribution is 2.41. The molecule has 1 atom stereocenters. The summed E-state index contributed by atoms with van der Waals surface area (Å²) < 4.78 is 16.4. The van der Waals surface area contributed by atoms with Crippen LogP contribution in [0.4, 0.5) is 0 Å². The molecule has 4 aromatic rings. The van der Waals surface area contributed by atoms with Gasteiger partial charge in [-0.05, 0) is 35.4 Å². The maximum absolute atomic E-state index is 13.7. The lowest BCUT2D eigenvalue weighted by Gasteiger charge is -2.26. The van der Waals surface area contributed by atoms with E-state index < -0.39 is 23.5 Å². The fourth-order valence-corrected chi connectivity index (χ4v) is 4.66. The Morgan fingerprint density at radius 3 is 2.42 bits per heavy atom. The van der Waals surface area contributed by atoms with Gasteiger partial charge >= 0.3 is 0 Å². The van der Waals surface area contributed by atoms with Crippen LogP contribution in [0.25, 0.3) is 11.0 Å². The number of rotatable bonds is 7. The second kappa shape index (κ2) is 9.43. The average Bonchev–Trinajstić information content (AvgIpc) is 3.43. The Hall–Kier alpha value is -4.23. The summed E-state index contributed by atoms with van der Waals surface area (Å²) in [6.07, 6.45) is 0. The molecule has 0 saturated carbocycles. The number of aliphatic hydroxyl groups excluding tert-OH is 1. The molecule has 3 aromatic carbocycles. The Labute approximate surface area is 212 Å². The normalized spacial score (nSPS) is 15.6. The summed E-state index contributed by atoms with van der Waals surface area (Å²) in [5, 5.41) is 11.9. The summed E-state index contributed by atoms with van der Waals surface area (Å²) in [6, 6.07) is 20.3. The first-order valence-electron chi connectivity index (χ1n) is 11.1. The number of ether oxygens (including phenoxy) is 2. The zero-order valence-corrected chi connectivity index (χ0v) is 20.3. The maximum Gasteiger partial charge on any atom is 0.290 e. The van der Waals surface area contributed by atoms with Gasteiger partial charge < -0.3 is 23.9 Å². The van der Waals surface area contributed by atoms with Crippen LogP contribution < -0.4 is 9.47 Å². The first kappa shape index (κ1) is 23.5. The van der Waals surface area contributed by atoms with Crippen molar-refractivity contribution in [3.8, 4) is 11.5 Å². The predicted molar refractivity (Wildman–Crippen MR) is 134 cm³/mol. The van der Waals surface area contributed by atoms with Gasteiger partial charge in [0.15, 0.2) is 22.9 Å². The largest absolute Gasteiger partial charge is 0.503 e. The summed E-state index contributed by atoms with van der Waals surface area (Å²) in [5.41, 5.74) is 1.79. The maximum atomic E-state index is 13.7. The lowest BCUT2D eigenvalue weighted by atomic mass is 9.95. The molecule has 0 spiro atoms. The Balaban J connectivity index is 1.57. The summed E-state index contributed by atoms with van der Waals surface area (Å²) in [7, 11) is 3.05. The van der Waals surface area contributed by atoms with Gasteiger partial charge in [0.1, 0.15) is 5.75 Å². The molecule has 182 valence electrons. The van der Waals surface area contributed by atoms with E-state index in [4.69, 9.17) is 25.5 Å². The van der Waals surface area contributed by atoms with Crippen LogP contribution in [0.15, 0.2) is 88.5 Å². The van der Waals surface area contributed by atoms with Gasteiger partial charge in [-0.15, -0.1) is 0 Å². The molecule has 1 N–H and O–H groups in total. The van der Waals surface area contributed by atoms with Crippen molar-refractivity contribution in [1.82, 2.24) is 4.90 Å². The van der Waals surface area contributed by atoms with E-state index in [1.54, 1.807) is 31.4 Å². The fraction of sp³-hybridized carbons (Fsp3) is 0.143. The second-order valence-electron chi connectivity index (χ2n) is 8.32. The van der Waals surface area contributed by atoms with Crippen molar-refractivity contribution >= 4 is 34.3 Å². The topological polar surface area (TPSA) is 89.2 Å². The Bertz CT molecular complexity index is 1490. The van der Waals surface area contributed by atoms with E-state index in [1.807, 2.05) is 42.5 Å². The summed E-state index contributed by atoms with van der Waals surface area (Å²) in [4.78, 5) is 28.5. The SMILES string of the molecule is COc1ccc(CN2C(=O)C(O)=C(C(=O)c3cc4cc(Cl)cc(OC)c4o3)C2c2ccccc2)cc1. The van der Waals surface area contributed by atoms with Crippen LogP contribution in [0.3, 0.4) is 0 Å². The molecule has 1 unspecified atom stereocenters. The Morgan fingerprint density at radius 1 is 1.03 bits per heavy atom. The van der Waals surface area contributed by atoms with Gasteiger partial charge in [-0.25, -0.2) is 0 Å². The number of hydrogen-bond donors (Lipinski definition) is 1. The first-order valence-corrected chi connectivity index (χ1v) is 11.5. The molecule has 0 saturated heterocycles. The van der Waals surface area contributed by atoms with Crippen molar-refractivity contribution in [2.45, 2.75) is 12.6 Å². The number of ketones is 1. The zero-order chi connectivity index (χ0) is 25.4. The summed E-state index contributed by atoms with van der Waals surface area (Å²) in [5.74, 6) is -0.817. The molecular weight excluding hydrogens is 482 g/mol. The molecule has 36 heavy (non-hydrogen) atoms. The van der Waals surface area contributed by atoms with Crippen LogP contribution in [0.2, 0.25) is 5.02 Å². The quantitative estimate of drug-likeness (QED) is 0.317. The first-order chi connectivity index (χ1) is 17.4. The van der Waals surface area contributed by atoms with Crippen LogP contribution in [-0.2, 0) is 11.3 Å². The standard InChI is InChI=1S/C28H22ClNO6/c1-34-20-10-8-16(9-11-20)15-30-24(17-6-4-3-5-7-17)23(26(32)28(30)33)25(31)21-13-18-12-19(29)14-22(35-2)27(18)36-21/h3-14,24,32H,15H2,1-2H3. The highest BCUT2D eigenvalue weighted by molar-refractivity contribution is 6.31. The Morgan fingerprint density at radius 2 is 1.75 bits per heavy atom. The van der Waals surface area contributed by atoms with E-state index in [-0.39, 0.29) is 17.9 Å². The third-order valence-corrected chi connectivity index (χ3v) is 6.38. The monoisotopic (exact) mass is 503 g/mol. The number of benzene rings is 3. The van der Waals surface area contributed by atoms with Crippen LogP contribution in [0.1, 0.15) is 27.7 Å². The number of methoxy groups -OCH3 is 2. The molecule has 1 aliphatic rings. The Kier molecular flexibility index (Phi) is 6.16. The molecule has 1 amide bonds. The minimum Gasteiger partial charge on any atom is -0.503 e. The number of furan rings is 1. The number of halogens is 1. The number of carbonyl (C=O) groups is 2. The van der Waals surface area contributed by atoms with Crippen molar-refractivity contribution in [2.75, 3.05) is 14.2 Å². The summed E-state index contributed by atoms with van der Waals surface area (Å²) >= 11 is 6.16. The van der Waals surface area contributed by atoms with E-state index in [2.05, 4.69) is 0 Å². The van der Waals surface area contributed by atoms with Crippen LogP contribution in [0.5, 0.6) is 11.5 Å². The number of carbonyl (C=O) groups excluding carboxylic acids is 2. The average molecular weight is 504 g/mol. The predicted octanol–water partition coefficient (Wildman–Crippen LogP) is 5.88. The molecule has 7 nitrogen and oxygen atoms in total. The van der Waals surface area contributed by atoms with Crippen molar-refractivity contribution in [1.29, 1.82) is 0 Å². The molecular formula is C28H22ClNO6. The molecule has 0 bridgehead atoms. The highest BCUT2D eigenvalue weighted by atomic mass is 35.5. The lowest BCUT2D eigenvalue weighted by molar-refractivity contribution is -0.130. The van der Waals surface area contributed by atoms with E-state index in [9.17, 15) is 14.7 Å². The molecule has 5 rings (SSSR count). The second-order valence-corrected chi connectivity index (χ2v) is 8.76. The third kappa shape index (κ3) is 4.07. The number of nitrogens with zero attached hydrogens (tertiary/aromatic N) is 1. The number of aliphatic hydroxyl groups is 1. The molecule has 0 fully saturated rings. The minimum absolute atomic E-state index is 0.0351. The van der Waals surface area contributed by atoms with Gasteiger partial charge in [-0.2, -0.15) is 0 Å². The zero-order valence-electron chi connectivity index (χ0n) is 19.5. The van der Waals surface area contributed by atoms with Crippen molar-refractivity contribution < 1.29 is 28.6 Å². The van der Waals surface area contributed by atoms with Crippen molar-refractivity contribution in [2.24, 2.45) is 0 Å². The smallest absolute Gasteiger partial charge is 0.290 e. The van der Waals surface area contributed by atoms with Gasteiger partial charge in [-0.3, -0.25) is 9.59 Å². The van der Waals surface area contributed by atoms with E-state index in [0.717, 1.165) is 5.56 Å². The van der Waals surface area contributed by atoms with Gasteiger partial charge in [0, 0.05) is 23.0 Å². The summed E-state index contributed by atoms with van der Waals surface area (Å²) in [6.45, 7) is 0.173. The lowest BCUT2D eigenvalue weighted by Crippen LogP contribution is -2.30. The van der Waals surface area contributed by atoms with E-state index >= 15 is 0 Å². The number of fused-ring (bicyclic) bond motifs is 1. The van der Waals surface area contributed by atoms with Gasteiger partial charge in [0.25, 0.3) is 5.91 Å². The van der Waals surface area contributed by atoms with Gasteiger partial charge in [0.05, 0.1) is 25.8 Å². The van der Waals surface area contributed by atoms with E-state index in [0.29, 0.717) is 33.1 Å². The number of Topliss-reactive ketones (excluding diaryl/α,β-unsaturated/α-hetero) is 1. The number of hydrogen-bond acceptors (Lipinski definition) is 6.